The van der Waals surface area contributed by atoms with E-state index >= 15 is 0 Å². The molecule has 4 aromatic rings. The van der Waals surface area contributed by atoms with E-state index in [1.165, 1.54) is 64.8 Å². The summed E-state index contributed by atoms with van der Waals surface area (Å²) in [5.74, 6) is -0.643. The van der Waals surface area contributed by atoms with E-state index in [2.05, 4.69) is 14.2 Å². The summed E-state index contributed by atoms with van der Waals surface area (Å²) in [6.07, 6.45) is -1.49. The average molecular weight is 839 g/mol. The number of hydrogen-bond acceptors (Lipinski definition) is 15. The smallest absolute Gasteiger partial charge is 0.338 e. The number of hydrogen-bond donors (Lipinski definition) is 1. The Hall–Kier alpha value is -6.23. The maximum absolute atomic E-state index is 14.1. The Morgan fingerprint density at radius 3 is 1.27 bits per heavy atom. The molecule has 0 radical (unpaired) electrons. The first-order chi connectivity index (χ1) is 29.0. The fourth-order valence-corrected chi connectivity index (χ4v) is 5.16. The fourth-order valence-electron chi connectivity index (χ4n) is 5.16. The van der Waals surface area contributed by atoms with E-state index in [1.54, 1.807) is 14.2 Å². The number of carbonyl (C=O) groups is 4. The molecule has 0 aliphatic carbocycles. The van der Waals surface area contributed by atoms with Gasteiger partial charge >= 0.3 is 23.9 Å². The highest BCUT2D eigenvalue weighted by Crippen LogP contribution is 2.22. The molecule has 0 heterocycles. The summed E-state index contributed by atoms with van der Waals surface area (Å²) in [7, 11) is 8.05. The Morgan fingerprint density at radius 1 is 0.500 bits per heavy atom. The molecule has 16 heteroatoms. The summed E-state index contributed by atoms with van der Waals surface area (Å²) >= 11 is 0. The number of esters is 4. The second-order valence-corrected chi connectivity index (χ2v) is 12.6. The van der Waals surface area contributed by atoms with Crippen LogP contribution in [0.5, 0.6) is 23.0 Å². The van der Waals surface area contributed by atoms with Crippen molar-refractivity contribution in [1.82, 2.24) is 0 Å². The molecule has 15 nitrogen and oxygen atoms in total. The van der Waals surface area contributed by atoms with Crippen LogP contribution in [0, 0.1) is 0 Å². The summed E-state index contributed by atoms with van der Waals surface area (Å²) in [6, 6.07) is 23.4. The molecule has 1 N–H and O–H groups in total. The van der Waals surface area contributed by atoms with E-state index in [-0.39, 0.29) is 54.2 Å². The molecule has 4 rings (SSSR count). The van der Waals surface area contributed by atoms with Gasteiger partial charge in [-0.25, -0.2) is 23.6 Å². The Bertz CT molecular complexity index is 1810. The molecule has 0 bridgehead atoms. The van der Waals surface area contributed by atoms with Gasteiger partial charge in [0.15, 0.2) is 0 Å². The van der Waals surface area contributed by atoms with Crippen LogP contribution in [-0.4, -0.2) is 110 Å². The van der Waals surface area contributed by atoms with Crippen molar-refractivity contribution in [2.45, 2.75) is 38.3 Å². The number of ether oxygens (including phenoxy) is 10. The maximum Gasteiger partial charge on any atom is 0.338 e. The zero-order valence-electron chi connectivity index (χ0n) is 34.4. The Kier molecular flexibility index (Phi) is 20.9. The fraction of sp³-hybridized carbons (Fsp3) is 0.364. The highest BCUT2D eigenvalue weighted by atomic mass is 19.1. The first kappa shape index (κ1) is 48.1. The zero-order chi connectivity index (χ0) is 43.9. The van der Waals surface area contributed by atoms with E-state index in [0.29, 0.717) is 32.0 Å². The van der Waals surface area contributed by atoms with Gasteiger partial charge < -0.3 is 52.5 Å². The number of benzene rings is 4. The monoisotopic (exact) mass is 838 g/mol. The third kappa shape index (κ3) is 15.8. The molecule has 2 atom stereocenters. The van der Waals surface area contributed by atoms with Gasteiger partial charge in [0.1, 0.15) is 42.4 Å². The van der Waals surface area contributed by atoms with E-state index in [1.807, 2.05) is 48.5 Å². The molecule has 0 fully saturated rings. The predicted molar refractivity (Wildman–Crippen MR) is 215 cm³/mol. The van der Waals surface area contributed by atoms with Crippen molar-refractivity contribution in [1.29, 1.82) is 0 Å². The number of carbonyl (C=O) groups excluding carboxylic acids is 4. The number of aliphatic hydroxyl groups excluding tert-OH is 1. The molecular weight excluding hydrogens is 787 g/mol. The lowest BCUT2D eigenvalue weighted by molar-refractivity contribution is 0.0494. The van der Waals surface area contributed by atoms with Gasteiger partial charge in [-0.1, -0.05) is 24.3 Å². The lowest BCUT2D eigenvalue weighted by Gasteiger charge is -2.14. The molecule has 0 amide bonds. The minimum absolute atomic E-state index is 0.00405. The molecule has 0 spiro atoms. The zero-order valence-corrected chi connectivity index (χ0v) is 34.4. The van der Waals surface area contributed by atoms with Crippen molar-refractivity contribution < 1.29 is 76.0 Å². The van der Waals surface area contributed by atoms with Crippen LogP contribution in [0.4, 0.5) is 4.39 Å². The van der Waals surface area contributed by atoms with Gasteiger partial charge in [0.05, 0.1) is 84.2 Å². The molecule has 0 saturated carbocycles. The van der Waals surface area contributed by atoms with Crippen LogP contribution in [-0.2, 0) is 41.6 Å². The summed E-state index contributed by atoms with van der Waals surface area (Å²) in [4.78, 5) is 47.3. The molecular formula is C44H51FO15. The summed E-state index contributed by atoms with van der Waals surface area (Å²) in [5.41, 5.74) is 2.09. The molecule has 60 heavy (non-hydrogen) atoms. The molecule has 4 aromatic carbocycles. The molecule has 0 aliphatic rings. The van der Waals surface area contributed by atoms with Crippen LogP contribution in [0.1, 0.15) is 65.4 Å². The quantitative estimate of drug-likeness (QED) is 0.0536. The molecule has 0 aromatic heterocycles. The molecule has 0 saturated heterocycles. The summed E-state index contributed by atoms with van der Waals surface area (Å²) in [6.45, 7) is 1.16. The first-order valence-electron chi connectivity index (χ1n) is 18.6. The van der Waals surface area contributed by atoms with E-state index in [9.17, 15) is 28.7 Å². The van der Waals surface area contributed by atoms with Crippen LogP contribution in [0.3, 0.4) is 0 Å². The van der Waals surface area contributed by atoms with Gasteiger partial charge in [0.2, 0.25) is 0 Å². The minimum atomic E-state index is -1.26. The van der Waals surface area contributed by atoms with Crippen molar-refractivity contribution >= 4 is 23.9 Å². The van der Waals surface area contributed by atoms with Gasteiger partial charge in [-0.15, -0.1) is 0 Å². The number of aliphatic hydroxyl groups is 1. The third-order valence-electron chi connectivity index (χ3n) is 8.50. The molecule has 324 valence electrons. The number of alkyl halides is 1. The van der Waals surface area contributed by atoms with Crippen LogP contribution >= 0.6 is 0 Å². The van der Waals surface area contributed by atoms with Crippen LogP contribution < -0.4 is 18.9 Å². The van der Waals surface area contributed by atoms with Crippen molar-refractivity contribution in [2.75, 3.05) is 69.1 Å². The van der Waals surface area contributed by atoms with Crippen molar-refractivity contribution in [3.63, 3.8) is 0 Å². The number of methoxy groups -OCH3 is 6. The third-order valence-corrected chi connectivity index (χ3v) is 8.50. The van der Waals surface area contributed by atoms with E-state index in [4.69, 9.17) is 33.2 Å². The first-order valence-corrected chi connectivity index (χ1v) is 18.6. The summed E-state index contributed by atoms with van der Waals surface area (Å²) in [5, 5.41) is 10.1. The molecule has 0 aliphatic heterocycles. The normalized spacial score (nSPS) is 11.5. The van der Waals surface area contributed by atoms with Crippen LogP contribution in [0.15, 0.2) is 84.9 Å². The Balaban J connectivity index is 0.000000320. The van der Waals surface area contributed by atoms with Crippen molar-refractivity contribution in [3.8, 4) is 23.0 Å². The second-order valence-electron chi connectivity index (χ2n) is 12.6. The minimum Gasteiger partial charge on any atom is -0.497 e. The van der Waals surface area contributed by atoms with Gasteiger partial charge in [0, 0.05) is 26.1 Å². The largest absolute Gasteiger partial charge is 0.497 e. The number of rotatable bonds is 22. The van der Waals surface area contributed by atoms with Gasteiger partial charge in [-0.2, -0.15) is 0 Å². The Morgan fingerprint density at radius 2 is 0.867 bits per heavy atom. The van der Waals surface area contributed by atoms with E-state index in [0.717, 1.165) is 22.6 Å². The lowest BCUT2D eigenvalue weighted by Crippen LogP contribution is -2.20. The van der Waals surface area contributed by atoms with Crippen molar-refractivity contribution in [2.24, 2.45) is 0 Å². The van der Waals surface area contributed by atoms with Crippen molar-refractivity contribution in [3.05, 3.63) is 118 Å². The predicted octanol–water partition coefficient (Wildman–Crippen LogP) is 6.21. The van der Waals surface area contributed by atoms with Gasteiger partial charge in [-0.3, -0.25) is 0 Å². The van der Waals surface area contributed by atoms with E-state index < -0.39 is 36.2 Å². The second kappa shape index (κ2) is 26.0. The molecule has 2 unspecified atom stereocenters. The van der Waals surface area contributed by atoms with Crippen LogP contribution in [0.25, 0.3) is 0 Å². The van der Waals surface area contributed by atoms with Crippen LogP contribution in [0.2, 0.25) is 0 Å². The SMILES string of the molecule is COC(=O)c1ccc(OCC(F)CCOCc2ccc(OC)cc2)cc1C(=O)OC.COC(=O)c1ccc(OCC(O)CCOCc2ccc(OC)cc2)cc1C(=O)OC. The average Bonchev–Trinajstić information content (AvgIpc) is 3.29. The standard InChI is InChI=1S/C22H25FO7.C22H26O8/c2*1-26-17-6-4-15(5-7-17)13-29-11-10-16(23)14-30-18-8-9-19(21(24)27-2)20(12-18)22(25)28-3/h4-9,12,16H,10-11,13-14H2,1-3H3;4-9,12,16,23H,10-11,13-14H2,1-3H3. The highest BCUT2D eigenvalue weighted by Gasteiger charge is 2.21. The van der Waals surface area contributed by atoms with Gasteiger partial charge in [0.25, 0.3) is 0 Å². The topological polar surface area (TPSA) is 181 Å². The summed E-state index contributed by atoms with van der Waals surface area (Å²) < 4.78 is 65.0. The maximum atomic E-state index is 14.1. The van der Waals surface area contributed by atoms with Gasteiger partial charge in [-0.05, 0) is 71.8 Å². The number of halogens is 1. The highest BCUT2D eigenvalue weighted by molar-refractivity contribution is 6.04. The Labute approximate surface area is 348 Å². The lowest BCUT2D eigenvalue weighted by atomic mass is 10.1.